The Morgan fingerprint density at radius 2 is 1.81 bits per heavy atom. The third-order valence-electron chi connectivity index (χ3n) is 5.18. The average Bonchev–Trinajstić information content (AvgIpc) is 3.00. The number of hydrogen-bond donors (Lipinski definition) is 3. The number of amides is 5. The number of nitrogens with one attached hydrogen (secondary N) is 3. The highest BCUT2D eigenvalue weighted by atomic mass is 79.9. The van der Waals surface area contributed by atoms with Crippen LogP contribution in [-0.4, -0.2) is 41.7 Å². The van der Waals surface area contributed by atoms with E-state index in [4.69, 9.17) is 0 Å². The number of nitrogens with zero attached hydrogens (tertiary/aromatic N) is 1. The van der Waals surface area contributed by atoms with Crippen LogP contribution in [-0.2, 0) is 19.9 Å². The molecule has 0 unspecified atom stereocenters. The molecule has 1 fully saturated rings. The molecule has 9 heteroatoms. The summed E-state index contributed by atoms with van der Waals surface area (Å²) in [7, 11) is 0. The standard InChI is InChI=1S/C22H23BrN4O4/c1-3-22(15-7-5-4-6-8-15)20(30)27(21(31)26-22)13-19(29)24-12-18(28)25-17-10-9-16(23)11-14(17)2/h4-11H,3,12-13H2,1-2H3,(H,24,29)(H,25,28)(H,26,31)/t22-/m1/s1. The van der Waals surface area contributed by atoms with Gasteiger partial charge in [0.25, 0.3) is 5.91 Å². The summed E-state index contributed by atoms with van der Waals surface area (Å²) in [6.45, 7) is 2.89. The van der Waals surface area contributed by atoms with E-state index in [2.05, 4.69) is 31.9 Å². The molecule has 0 radical (unpaired) electrons. The van der Waals surface area contributed by atoms with Crippen LogP contribution in [0.2, 0.25) is 0 Å². The van der Waals surface area contributed by atoms with Gasteiger partial charge in [-0.3, -0.25) is 19.3 Å². The van der Waals surface area contributed by atoms with Gasteiger partial charge in [0, 0.05) is 10.2 Å². The zero-order valence-corrected chi connectivity index (χ0v) is 18.8. The Labute approximate surface area is 188 Å². The maximum atomic E-state index is 13.0. The maximum Gasteiger partial charge on any atom is 0.325 e. The van der Waals surface area contributed by atoms with Crippen molar-refractivity contribution >= 4 is 45.4 Å². The number of aryl methyl sites for hydroxylation is 1. The first-order valence-electron chi connectivity index (χ1n) is 9.79. The van der Waals surface area contributed by atoms with Gasteiger partial charge in [-0.15, -0.1) is 0 Å². The van der Waals surface area contributed by atoms with E-state index in [0.717, 1.165) is 14.9 Å². The summed E-state index contributed by atoms with van der Waals surface area (Å²) < 4.78 is 0.892. The Kier molecular flexibility index (Phi) is 6.74. The van der Waals surface area contributed by atoms with Crippen molar-refractivity contribution in [3.63, 3.8) is 0 Å². The molecule has 0 bridgehead atoms. The quantitative estimate of drug-likeness (QED) is 0.522. The normalized spacial score (nSPS) is 18.0. The minimum Gasteiger partial charge on any atom is -0.345 e. The average molecular weight is 487 g/mol. The van der Waals surface area contributed by atoms with E-state index in [0.29, 0.717) is 17.7 Å². The van der Waals surface area contributed by atoms with Gasteiger partial charge >= 0.3 is 6.03 Å². The Hall–Kier alpha value is -3.20. The van der Waals surface area contributed by atoms with Gasteiger partial charge in [0.05, 0.1) is 6.54 Å². The number of anilines is 1. The zero-order valence-electron chi connectivity index (χ0n) is 17.2. The first-order chi connectivity index (χ1) is 14.8. The van der Waals surface area contributed by atoms with Gasteiger partial charge in [-0.1, -0.05) is 53.2 Å². The number of carbonyl (C=O) groups excluding carboxylic acids is 4. The highest BCUT2D eigenvalue weighted by Crippen LogP contribution is 2.32. The van der Waals surface area contributed by atoms with E-state index < -0.39 is 35.8 Å². The van der Waals surface area contributed by atoms with Gasteiger partial charge < -0.3 is 16.0 Å². The number of hydrogen-bond acceptors (Lipinski definition) is 4. The summed E-state index contributed by atoms with van der Waals surface area (Å²) in [6, 6.07) is 13.7. The lowest BCUT2D eigenvalue weighted by Gasteiger charge is -2.25. The molecule has 1 heterocycles. The van der Waals surface area contributed by atoms with E-state index in [9.17, 15) is 19.2 Å². The van der Waals surface area contributed by atoms with Crippen LogP contribution in [0.4, 0.5) is 10.5 Å². The summed E-state index contributed by atoms with van der Waals surface area (Å²) in [4.78, 5) is 50.8. The molecule has 2 aromatic rings. The molecule has 8 nitrogen and oxygen atoms in total. The Morgan fingerprint density at radius 1 is 1.10 bits per heavy atom. The maximum absolute atomic E-state index is 13.0. The third-order valence-corrected chi connectivity index (χ3v) is 5.68. The zero-order chi connectivity index (χ0) is 22.6. The van der Waals surface area contributed by atoms with Crippen LogP contribution in [0.25, 0.3) is 0 Å². The van der Waals surface area contributed by atoms with Gasteiger partial charge in [-0.05, 0) is 42.7 Å². The van der Waals surface area contributed by atoms with E-state index in [1.54, 1.807) is 43.3 Å². The number of imide groups is 1. The molecule has 2 aromatic carbocycles. The van der Waals surface area contributed by atoms with Crippen molar-refractivity contribution in [1.29, 1.82) is 0 Å². The van der Waals surface area contributed by atoms with Crippen molar-refractivity contribution in [2.45, 2.75) is 25.8 Å². The van der Waals surface area contributed by atoms with Crippen molar-refractivity contribution in [1.82, 2.24) is 15.5 Å². The second-order valence-corrected chi connectivity index (χ2v) is 8.15. The van der Waals surface area contributed by atoms with E-state index >= 15 is 0 Å². The summed E-state index contributed by atoms with van der Waals surface area (Å²) in [5, 5.41) is 7.89. The second kappa shape index (κ2) is 9.30. The van der Waals surface area contributed by atoms with Crippen LogP contribution in [0.3, 0.4) is 0 Å². The molecule has 1 aliphatic heterocycles. The summed E-state index contributed by atoms with van der Waals surface area (Å²) in [6.07, 6.45) is 0.342. The van der Waals surface area contributed by atoms with Crippen molar-refractivity contribution in [3.05, 3.63) is 64.1 Å². The highest BCUT2D eigenvalue weighted by molar-refractivity contribution is 9.10. The molecule has 3 N–H and O–H groups in total. The molecule has 0 aromatic heterocycles. The second-order valence-electron chi connectivity index (χ2n) is 7.23. The van der Waals surface area contributed by atoms with Gasteiger partial charge in [0.2, 0.25) is 11.8 Å². The van der Waals surface area contributed by atoms with Crippen molar-refractivity contribution in [3.8, 4) is 0 Å². The first-order valence-corrected chi connectivity index (χ1v) is 10.6. The molecule has 1 saturated heterocycles. The lowest BCUT2D eigenvalue weighted by Crippen LogP contribution is -2.45. The molecule has 31 heavy (non-hydrogen) atoms. The Bertz CT molecular complexity index is 1030. The van der Waals surface area contributed by atoms with E-state index in [1.165, 1.54) is 0 Å². The molecule has 5 amide bonds. The summed E-state index contributed by atoms with van der Waals surface area (Å²) in [5.74, 6) is -1.51. The van der Waals surface area contributed by atoms with Crippen LogP contribution in [0.5, 0.6) is 0 Å². The summed E-state index contributed by atoms with van der Waals surface area (Å²) in [5.41, 5.74) is 0.954. The van der Waals surface area contributed by atoms with Crippen LogP contribution in [0.15, 0.2) is 53.0 Å². The predicted octanol–water partition coefficient (Wildman–Crippen LogP) is 2.67. The lowest BCUT2D eigenvalue weighted by atomic mass is 9.87. The summed E-state index contributed by atoms with van der Waals surface area (Å²) >= 11 is 3.36. The molecular weight excluding hydrogens is 464 g/mol. The molecule has 3 rings (SSSR count). The number of rotatable bonds is 7. The lowest BCUT2D eigenvalue weighted by molar-refractivity contribution is -0.135. The van der Waals surface area contributed by atoms with E-state index in [1.807, 2.05) is 19.1 Å². The number of benzene rings is 2. The molecule has 1 aliphatic rings. The molecule has 0 spiro atoms. The minimum absolute atomic E-state index is 0.282. The van der Waals surface area contributed by atoms with Gasteiger partial charge in [0.15, 0.2) is 0 Å². The fraction of sp³-hybridized carbons (Fsp3) is 0.273. The SMILES string of the molecule is CC[C@]1(c2ccccc2)NC(=O)N(CC(=O)NCC(=O)Nc2ccc(Br)cc2C)C1=O. The van der Waals surface area contributed by atoms with Gasteiger partial charge in [-0.2, -0.15) is 0 Å². The largest absolute Gasteiger partial charge is 0.345 e. The topological polar surface area (TPSA) is 108 Å². The molecule has 0 aliphatic carbocycles. The first kappa shape index (κ1) is 22.5. The minimum atomic E-state index is -1.20. The van der Waals surface area contributed by atoms with Crippen molar-refractivity contribution in [2.24, 2.45) is 0 Å². The highest BCUT2D eigenvalue weighted by Gasteiger charge is 2.51. The number of halogens is 1. The molecule has 0 saturated carbocycles. The third kappa shape index (κ3) is 4.77. The molecular formula is C22H23BrN4O4. The van der Waals surface area contributed by atoms with Crippen LogP contribution in [0, 0.1) is 6.92 Å². The van der Waals surface area contributed by atoms with Crippen molar-refractivity contribution in [2.75, 3.05) is 18.4 Å². The van der Waals surface area contributed by atoms with Crippen molar-refractivity contribution < 1.29 is 19.2 Å². The monoisotopic (exact) mass is 486 g/mol. The Balaban J connectivity index is 1.59. The van der Waals surface area contributed by atoms with Crippen LogP contribution < -0.4 is 16.0 Å². The fourth-order valence-electron chi connectivity index (χ4n) is 3.47. The molecule has 162 valence electrons. The number of carbonyl (C=O) groups is 4. The number of urea groups is 1. The van der Waals surface area contributed by atoms with Gasteiger partial charge in [-0.25, -0.2) is 4.79 Å². The smallest absolute Gasteiger partial charge is 0.325 e. The fourth-order valence-corrected chi connectivity index (χ4v) is 3.95. The van der Waals surface area contributed by atoms with E-state index in [-0.39, 0.29) is 6.54 Å². The predicted molar refractivity (Wildman–Crippen MR) is 119 cm³/mol. The van der Waals surface area contributed by atoms with Crippen LogP contribution in [0.1, 0.15) is 24.5 Å². The van der Waals surface area contributed by atoms with Crippen LogP contribution >= 0.6 is 15.9 Å². The Morgan fingerprint density at radius 3 is 2.45 bits per heavy atom. The van der Waals surface area contributed by atoms with Gasteiger partial charge in [0.1, 0.15) is 12.1 Å². The molecule has 1 atom stereocenters.